The molecule has 21 heavy (non-hydrogen) atoms. The first kappa shape index (κ1) is 15.0. The van der Waals surface area contributed by atoms with Crippen molar-refractivity contribution in [2.75, 3.05) is 19.0 Å². The number of thiazole rings is 1. The van der Waals surface area contributed by atoms with E-state index in [4.69, 9.17) is 10.5 Å². The van der Waals surface area contributed by atoms with Gasteiger partial charge >= 0.3 is 0 Å². The Kier molecular flexibility index (Phi) is 4.93. The number of aryl methyl sites for hydroxylation is 1. The van der Waals surface area contributed by atoms with E-state index in [0.717, 1.165) is 4.88 Å². The summed E-state index contributed by atoms with van der Waals surface area (Å²) in [5, 5.41) is 3.33. The quantitative estimate of drug-likeness (QED) is 0.850. The number of nitrogens with zero attached hydrogens (tertiary/aromatic N) is 1. The monoisotopic (exact) mass is 301 g/mol. The van der Waals surface area contributed by atoms with Crippen LogP contribution in [0.4, 0.5) is 5.13 Å². The molecule has 108 valence electrons. The molecule has 0 spiro atoms. The third kappa shape index (κ3) is 3.81. The van der Waals surface area contributed by atoms with Crippen molar-refractivity contribution >= 4 is 22.4 Å². The molecule has 0 aliphatic carbocycles. The van der Waals surface area contributed by atoms with E-state index in [1.165, 1.54) is 11.3 Å². The van der Waals surface area contributed by atoms with E-state index in [1.54, 1.807) is 31.5 Å². The minimum Gasteiger partial charge on any atom is -0.495 e. The van der Waals surface area contributed by atoms with Gasteiger partial charge in [0.1, 0.15) is 5.75 Å². The van der Waals surface area contributed by atoms with Crippen LogP contribution in [0.1, 0.15) is 20.8 Å². The minimum absolute atomic E-state index is 0.234. The maximum atomic E-state index is 12.2. The molecule has 0 saturated heterocycles. The number of hydrogen-bond donors (Lipinski definition) is 2. The summed E-state index contributed by atoms with van der Waals surface area (Å²) in [6.45, 7) is 2.18. The van der Waals surface area contributed by atoms with E-state index in [2.05, 4.69) is 22.1 Å². The Bertz CT molecular complexity index is 713. The number of aromatic nitrogens is 1. The Hall–Kier alpha value is -2.36. The zero-order valence-corrected chi connectivity index (χ0v) is 12.6. The number of benzene rings is 1. The van der Waals surface area contributed by atoms with Crippen LogP contribution in [0.25, 0.3) is 0 Å². The van der Waals surface area contributed by atoms with Crippen molar-refractivity contribution in [1.29, 1.82) is 0 Å². The fourth-order valence-electron chi connectivity index (χ4n) is 1.67. The molecule has 1 aromatic carbocycles. The van der Waals surface area contributed by atoms with E-state index in [9.17, 15) is 4.79 Å². The van der Waals surface area contributed by atoms with Gasteiger partial charge < -0.3 is 10.5 Å². The third-order valence-corrected chi connectivity index (χ3v) is 3.46. The molecule has 5 nitrogen and oxygen atoms in total. The molecule has 6 heteroatoms. The molecule has 2 rings (SSSR count). The van der Waals surface area contributed by atoms with Gasteiger partial charge in [0.2, 0.25) is 0 Å². The average molecular weight is 301 g/mol. The van der Waals surface area contributed by atoms with Crippen LogP contribution in [0.3, 0.4) is 0 Å². The van der Waals surface area contributed by atoms with Gasteiger partial charge in [0.05, 0.1) is 19.2 Å². The number of rotatable bonds is 3. The van der Waals surface area contributed by atoms with Crippen molar-refractivity contribution in [2.45, 2.75) is 6.92 Å². The summed E-state index contributed by atoms with van der Waals surface area (Å²) in [6, 6.07) is 5.07. The van der Waals surface area contributed by atoms with Crippen LogP contribution in [-0.4, -0.2) is 24.5 Å². The van der Waals surface area contributed by atoms with Gasteiger partial charge in [-0.2, -0.15) is 0 Å². The first-order valence-electron chi connectivity index (χ1n) is 6.25. The van der Waals surface area contributed by atoms with E-state index in [0.29, 0.717) is 22.0 Å². The van der Waals surface area contributed by atoms with Crippen LogP contribution in [-0.2, 0) is 0 Å². The Balaban J connectivity index is 2.24. The van der Waals surface area contributed by atoms with Crippen LogP contribution in [0.2, 0.25) is 0 Å². The second kappa shape index (κ2) is 6.88. The number of nitrogens with one attached hydrogen (secondary N) is 1. The molecule has 2 aromatic rings. The van der Waals surface area contributed by atoms with Crippen molar-refractivity contribution in [1.82, 2.24) is 4.98 Å². The van der Waals surface area contributed by atoms with Crippen molar-refractivity contribution in [2.24, 2.45) is 5.73 Å². The topological polar surface area (TPSA) is 77.2 Å². The van der Waals surface area contributed by atoms with E-state index < -0.39 is 0 Å². The summed E-state index contributed by atoms with van der Waals surface area (Å²) < 4.78 is 5.21. The summed E-state index contributed by atoms with van der Waals surface area (Å²) in [4.78, 5) is 17.3. The predicted octanol–water partition coefficient (Wildman–Crippen LogP) is 2.02. The van der Waals surface area contributed by atoms with Crippen LogP contribution in [0, 0.1) is 18.8 Å². The smallest absolute Gasteiger partial charge is 0.257 e. The molecule has 0 aliphatic heterocycles. The van der Waals surface area contributed by atoms with Crippen molar-refractivity contribution in [3.63, 3.8) is 0 Å². The Labute approximate surface area is 127 Å². The Morgan fingerprint density at radius 2 is 2.33 bits per heavy atom. The molecule has 1 aromatic heterocycles. The summed E-state index contributed by atoms with van der Waals surface area (Å²) in [5.74, 6) is 6.02. The molecule has 0 radical (unpaired) electrons. The molecule has 0 unspecified atom stereocenters. The number of methoxy groups -OCH3 is 1. The van der Waals surface area contributed by atoms with Crippen molar-refractivity contribution in [3.8, 4) is 17.6 Å². The zero-order valence-electron chi connectivity index (χ0n) is 11.8. The molecule has 0 saturated carbocycles. The molecular weight excluding hydrogens is 286 g/mol. The summed E-state index contributed by atoms with van der Waals surface area (Å²) in [6.07, 6.45) is 1.71. The number of hydrogen-bond acceptors (Lipinski definition) is 5. The fraction of sp³-hybridized carbons (Fsp3) is 0.200. The third-order valence-electron chi connectivity index (χ3n) is 2.63. The van der Waals surface area contributed by atoms with Gasteiger partial charge in [0, 0.05) is 16.6 Å². The van der Waals surface area contributed by atoms with E-state index in [-0.39, 0.29) is 12.5 Å². The van der Waals surface area contributed by atoms with E-state index in [1.807, 2.05) is 6.92 Å². The SMILES string of the molecule is COc1ccc(C(=O)Nc2ncc(C)s2)cc1C#CCN. The lowest BCUT2D eigenvalue weighted by molar-refractivity contribution is 0.102. The Morgan fingerprint density at radius 3 is 2.95 bits per heavy atom. The van der Waals surface area contributed by atoms with Gasteiger partial charge in [-0.15, -0.1) is 11.3 Å². The molecule has 0 aliphatic rings. The fourth-order valence-corrected chi connectivity index (χ4v) is 2.33. The van der Waals surface area contributed by atoms with Crippen LogP contribution >= 0.6 is 11.3 Å². The molecule has 3 N–H and O–H groups in total. The molecular formula is C15H15N3O2S. The molecule has 0 fully saturated rings. The number of carbonyl (C=O) groups excluding carboxylic acids is 1. The van der Waals surface area contributed by atoms with Crippen molar-refractivity contribution < 1.29 is 9.53 Å². The van der Waals surface area contributed by atoms with Gasteiger partial charge in [0.25, 0.3) is 5.91 Å². The highest BCUT2D eigenvalue weighted by Gasteiger charge is 2.11. The molecule has 0 atom stereocenters. The number of carbonyl (C=O) groups is 1. The largest absolute Gasteiger partial charge is 0.495 e. The van der Waals surface area contributed by atoms with Crippen molar-refractivity contribution in [3.05, 3.63) is 40.4 Å². The van der Waals surface area contributed by atoms with Gasteiger partial charge in [-0.1, -0.05) is 11.8 Å². The highest BCUT2D eigenvalue weighted by atomic mass is 32.1. The zero-order chi connectivity index (χ0) is 15.2. The van der Waals surface area contributed by atoms with Gasteiger partial charge in [-0.25, -0.2) is 4.98 Å². The standard InChI is InChI=1S/C15H15N3O2S/c1-10-9-17-15(21-10)18-14(19)12-5-6-13(20-2)11(8-12)4-3-7-16/h5-6,8-9H,7,16H2,1-2H3,(H,17,18,19). The van der Waals surface area contributed by atoms with Crippen LogP contribution in [0.5, 0.6) is 5.75 Å². The maximum Gasteiger partial charge on any atom is 0.257 e. The first-order chi connectivity index (χ1) is 10.1. The predicted molar refractivity (Wildman–Crippen MR) is 83.7 cm³/mol. The minimum atomic E-state index is -0.234. The number of amides is 1. The lowest BCUT2D eigenvalue weighted by Gasteiger charge is -2.06. The van der Waals surface area contributed by atoms with Gasteiger partial charge in [-0.05, 0) is 25.1 Å². The Morgan fingerprint density at radius 1 is 1.52 bits per heavy atom. The maximum absolute atomic E-state index is 12.2. The second-order valence-electron chi connectivity index (χ2n) is 4.15. The normalized spacial score (nSPS) is 9.67. The van der Waals surface area contributed by atoms with E-state index >= 15 is 0 Å². The van der Waals surface area contributed by atoms with Gasteiger partial charge in [-0.3, -0.25) is 10.1 Å². The molecule has 1 amide bonds. The van der Waals surface area contributed by atoms with Crippen LogP contribution < -0.4 is 15.8 Å². The highest BCUT2D eigenvalue weighted by Crippen LogP contribution is 2.21. The highest BCUT2D eigenvalue weighted by molar-refractivity contribution is 7.15. The molecule has 0 bridgehead atoms. The van der Waals surface area contributed by atoms with Gasteiger partial charge in [0.15, 0.2) is 5.13 Å². The lowest BCUT2D eigenvalue weighted by Crippen LogP contribution is -2.12. The summed E-state index contributed by atoms with van der Waals surface area (Å²) in [7, 11) is 1.56. The molecule has 1 heterocycles. The second-order valence-corrected chi connectivity index (χ2v) is 5.39. The number of anilines is 1. The first-order valence-corrected chi connectivity index (χ1v) is 7.06. The summed E-state index contributed by atoms with van der Waals surface area (Å²) in [5.41, 5.74) is 6.49. The lowest BCUT2D eigenvalue weighted by atomic mass is 10.1. The average Bonchev–Trinajstić information content (AvgIpc) is 2.89. The van der Waals surface area contributed by atoms with Crippen LogP contribution in [0.15, 0.2) is 24.4 Å². The summed E-state index contributed by atoms with van der Waals surface area (Å²) >= 11 is 1.42. The number of nitrogens with two attached hydrogens (primary N) is 1. The number of ether oxygens (including phenoxy) is 1.